The minimum atomic E-state index is 0.561. The Kier molecular flexibility index (Phi) is 4.02. The van der Waals surface area contributed by atoms with Gasteiger partial charge in [-0.2, -0.15) is 5.26 Å². The summed E-state index contributed by atoms with van der Waals surface area (Å²) in [5.41, 5.74) is 1.27. The maximum Gasteiger partial charge on any atom is 0.113 e. The molecule has 0 atom stereocenters. The first-order valence-corrected chi connectivity index (χ1v) is 4.90. The van der Waals surface area contributed by atoms with Gasteiger partial charge in [-0.1, -0.05) is 21.9 Å². The highest BCUT2D eigenvalue weighted by atomic mass is 79.9. The normalized spacial score (nSPS) is 8.31. The van der Waals surface area contributed by atoms with E-state index < -0.39 is 0 Å². The Morgan fingerprint density at radius 2 is 2.31 bits per heavy atom. The number of hydrogen-bond donors (Lipinski definition) is 0. The molecule has 2 nitrogen and oxygen atoms in total. The monoisotopic (exact) mass is 234 g/mol. The van der Waals surface area contributed by atoms with Gasteiger partial charge in [0.1, 0.15) is 11.8 Å². The van der Waals surface area contributed by atoms with Gasteiger partial charge in [0.15, 0.2) is 0 Å². The Bertz CT molecular complexity index is 365. The summed E-state index contributed by atoms with van der Waals surface area (Å²) < 4.78 is 0. The van der Waals surface area contributed by atoms with Crippen LogP contribution in [0.1, 0.15) is 17.7 Å². The van der Waals surface area contributed by atoms with Crippen LogP contribution in [0.4, 0.5) is 0 Å². The molecule has 1 rings (SSSR count). The standard InChI is InChI=1S/C10H7BrN2/c11-6-2-1-3-10-5-4-9(7-12)8-13-10/h4-5,8H,2,6H2. The molecule has 0 bridgehead atoms. The molecule has 0 unspecified atom stereocenters. The first kappa shape index (κ1) is 9.77. The van der Waals surface area contributed by atoms with Crippen LogP contribution in [-0.4, -0.2) is 10.3 Å². The van der Waals surface area contributed by atoms with E-state index in [2.05, 4.69) is 32.8 Å². The molecule has 1 aromatic rings. The molecule has 0 aliphatic rings. The molecule has 64 valence electrons. The van der Waals surface area contributed by atoms with Crippen LogP contribution in [0, 0.1) is 23.2 Å². The van der Waals surface area contributed by atoms with Gasteiger partial charge in [0.25, 0.3) is 0 Å². The SMILES string of the molecule is N#Cc1ccc(C#CCCBr)nc1. The van der Waals surface area contributed by atoms with E-state index in [0.717, 1.165) is 11.8 Å². The number of hydrogen-bond acceptors (Lipinski definition) is 2. The van der Waals surface area contributed by atoms with Gasteiger partial charge < -0.3 is 0 Å². The number of rotatable bonds is 1. The fraction of sp³-hybridized carbons (Fsp3) is 0.200. The molecule has 13 heavy (non-hydrogen) atoms. The molecular formula is C10H7BrN2. The molecule has 0 aliphatic carbocycles. The van der Waals surface area contributed by atoms with E-state index in [-0.39, 0.29) is 0 Å². The van der Waals surface area contributed by atoms with Crippen molar-refractivity contribution in [1.29, 1.82) is 5.26 Å². The minimum Gasteiger partial charge on any atom is -0.246 e. The Morgan fingerprint density at radius 3 is 2.85 bits per heavy atom. The number of halogens is 1. The molecule has 0 spiro atoms. The van der Waals surface area contributed by atoms with Gasteiger partial charge in [0, 0.05) is 17.9 Å². The van der Waals surface area contributed by atoms with Crippen molar-refractivity contribution in [2.75, 3.05) is 5.33 Å². The van der Waals surface area contributed by atoms with Crippen molar-refractivity contribution in [3.63, 3.8) is 0 Å². The van der Waals surface area contributed by atoms with Gasteiger partial charge >= 0.3 is 0 Å². The third kappa shape index (κ3) is 3.27. The summed E-state index contributed by atoms with van der Waals surface area (Å²) in [6, 6.07) is 5.47. The Morgan fingerprint density at radius 1 is 1.46 bits per heavy atom. The van der Waals surface area contributed by atoms with Crippen molar-refractivity contribution in [3.05, 3.63) is 29.6 Å². The molecule has 0 fully saturated rings. The molecule has 1 heterocycles. The van der Waals surface area contributed by atoms with Gasteiger partial charge in [-0.25, -0.2) is 4.98 Å². The lowest BCUT2D eigenvalue weighted by Gasteiger charge is -1.88. The van der Waals surface area contributed by atoms with Crippen LogP contribution < -0.4 is 0 Å². The quantitative estimate of drug-likeness (QED) is 0.552. The van der Waals surface area contributed by atoms with Crippen molar-refractivity contribution >= 4 is 15.9 Å². The predicted molar refractivity (Wildman–Crippen MR) is 54.2 cm³/mol. The summed E-state index contributed by atoms with van der Waals surface area (Å²) in [7, 11) is 0. The lowest BCUT2D eigenvalue weighted by molar-refractivity contribution is 1.26. The second kappa shape index (κ2) is 5.35. The van der Waals surface area contributed by atoms with Crippen molar-refractivity contribution < 1.29 is 0 Å². The van der Waals surface area contributed by atoms with Gasteiger partial charge in [0.2, 0.25) is 0 Å². The van der Waals surface area contributed by atoms with Crippen LogP contribution in [0.3, 0.4) is 0 Å². The molecule has 0 saturated heterocycles. The average molecular weight is 235 g/mol. The van der Waals surface area contributed by atoms with Gasteiger partial charge in [0.05, 0.1) is 5.56 Å². The highest BCUT2D eigenvalue weighted by molar-refractivity contribution is 9.09. The lowest BCUT2D eigenvalue weighted by Crippen LogP contribution is -1.82. The number of pyridine rings is 1. The van der Waals surface area contributed by atoms with E-state index in [0.29, 0.717) is 11.3 Å². The van der Waals surface area contributed by atoms with Crippen molar-refractivity contribution in [3.8, 4) is 17.9 Å². The summed E-state index contributed by atoms with van der Waals surface area (Å²) in [4.78, 5) is 4.01. The molecule has 3 heteroatoms. The smallest absolute Gasteiger partial charge is 0.113 e. The lowest BCUT2D eigenvalue weighted by atomic mass is 10.2. The Hall–Kier alpha value is -1.32. The molecule has 0 N–H and O–H groups in total. The summed E-state index contributed by atoms with van der Waals surface area (Å²) in [6.45, 7) is 0. The summed E-state index contributed by atoms with van der Waals surface area (Å²) >= 11 is 3.28. The van der Waals surface area contributed by atoms with E-state index in [1.54, 1.807) is 12.1 Å². The number of alkyl halides is 1. The molecule has 0 amide bonds. The Balaban J connectivity index is 2.72. The molecule has 0 saturated carbocycles. The minimum absolute atomic E-state index is 0.561. The highest BCUT2D eigenvalue weighted by Crippen LogP contribution is 1.97. The largest absolute Gasteiger partial charge is 0.246 e. The summed E-state index contributed by atoms with van der Waals surface area (Å²) in [5, 5.41) is 9.38. The van der Waals surface area contributed by atoms with E-state index in [1.165, 1.54) is 6.20 Å². The Labute approximate surface area is 85.7 Å². The second-order valence-electron chi connectivity index (χ2n) is 2.28. The maximum absolute atomic E-state index is 8.51. The van der Waals surface area contributed by atoms with Crippen LogP contribution >= 0.6 is 15.9 Å². The van der Waals surface area contributed by atoms with Crippen LogP contribution in [0.25, 0.3) is 0 Å². The highest BCUT2D eigenvalue weighted by Gasteiger charge is 1.89. The third-order valence-corrected chi connectivity index (χ3v) is 1.73. The first-order valence-electron chi connectivity index (χ1n) is 3.78. The van der Waals surface area contributed by atoms with Crippen LogP contribution in [0.5, 0.6) is 0 Å². The zero-order valence-corrected chi connectivity index (χ0v) is 8.50. The molecule has 0 radical (unpaired) electrons. The number of nitrogens with zero attached hydrogens (tertiary/aromatic N) is 2. The van der Waals surface area contributed by atoms with Gasteiger partial charge in [-0.3, -0.25) is 0 Å². The fourth-order valence-corrected chi connectivity index (χ4v) is 0.932. The topological polar surface area (TPSA) is 36.7 Å². The predicted octanol–water partition coefficient (Wildman–Crippen LogP) is 2.09. The summed E-state index contributed by atoms with van der Waals surface area (Å²) in [6.07, 6.45) is 2.33. The fourth-order valence-electron chi connectivity index (χ4n) is 0.734. The van der Waals surface area contributed by atoms with Crippen molar-refractivity contribution in [2.45, 2.75) is 6.42 Å². The van der Waals surface area contributed by atoms with E-state index in [4.69, 9.17) is 5.26 Å². The second-order valence-corrected chi connectivity index (χ2v) is 3.08. The molecule has 1 aromatic heterocycles. The number of aromatic nitrogens is 1. The zero-order chi connectivity index (χ0) is 9.52. The van der Waals surface area contributed by atoms with E-state index in [1.807, 2.05) is 6.07 Å². The zero-order valence-electron chi connectivity index (χ0n) is 6.92. The first-order chi connectivity index (χ1) is 6.36. The van der Waals surface area contributed by atoms with Crippen LogP contribution in [0.2, 0.25) is 0 Å². The average Bonchev–Trinajstić information content (AvgIpc) is 2.19. The summed E-state index contributed by atoms with van der Waals surface area (Å²) in [5.74, 6) is 5.84. The molecule has 0 aliphatic heterocycles. The van der Waals surface area contributed by atoms with E-state index in [9.17, 15) is 0 Å². The third-order valence-electron chi connectivity index (χ3n) is 1.33. The van der Waals surface area contributed by atoms with Crippen LogP contribution in [0.15, 0.2) is 18.3 Å². The number of nitriles is 1. The molecule has 0 aromatic carbocycles. The van der Waals surface area contributed by atoms with Crippen LogP contribution in [-0.2, 0) is 0 Å². The van der Waals surface area contributed by atoms with Gasteiger partial charge in [-0.15, -0.1) is 0 Å². The maximum atomic E-state index is 8.51. The van der Waals surface area contributed by atoms with E-state index >= 15 is 0 Å². The molecular weight excluding hydrogens is 228 g/mol. The van der Waals surface area contributed by atoms with Crippen molar-refractivity contribution in [2.24, 2.45) is 0 Å². The van der Waals surface area contributed by atoms with Crippen molar-refractivity contribution in [1.82, 2.24) is 4.98 Å². The van der Waals surface area contributed by atoms with Gasteiger partial charge in [-0.05, 0) is 18.1 Å².